The molecule has 162 valence electrons. The quantitative estimate of drug-likeness (QED) is 0.532. The molecule has 2 saturated heterocycles. The van der Waals surface area contributed by atoms with Gasteiger partial charge < -0.3 is 25.3 Å². The van der Waals surface area contributed by atoms with Crippen molar-refractivity contribution in [2.45, 2.75) is 63.0 Å². The summed E-state index contributed by atoms with van der Waals surface area (Å²) in [5, 5.41) is 23.5. The van der Waals surface area contributed by atoms with Gasteiger partial charge in [0.05, 0.1) is 18.1 Å². The van der Waals surface area contributed by atoms with E-state index in [4.69, 9.17) is 0 Å². The zero-order chi connectivity index (χ0) is 20.9. The maximum absolute atomic E-state index is 12.4. The minimum atomic E-state index is -1.03. The summed E-state index contributed by atoms with van der Waals surface area (Å²) in [5.41, 5.74) is 0.151. The zero-order valence-corrected chi connectivity index (χ0v) is 18.3. The van der Waals surface area contributed by atoms with Crippen LogP contribution >= 0.6 is 11.8 Å². The highest BCUT2D eigenvalue weighted by molar-refractivity contribution is 8.03. The van der Waals surface area contributed by atoms with Gasteiger partial charge in [0, 0.05) is 41.7 Å². The number of carboxylic acid groups (broad SMARTS) is 1. The number of aliphatic hydroxyl groups excluding tert-OH is 1. The van der Waals surface area contributed by atoms with Crippen LogP contribution in [0.4, 0.5) is 0 Å². The molecule has 3 fully saturated rings. The first-order valence-electron chi connectivity index (χ1n) is 10.9. The summed E-state index contributed by atoms with van der Waals surface area (Å²) >= 11 is 1.64. The van der Waals surface area contributed by atoms with Gasteiger partial charge in [0.15, 0.2) is 0 Å². The molecule has 4 rings (SSSR count). The molecular weight excluding hydrogens is 390 g/mol. The molecule has 0 unspecified atom stereocenters. The van der Waals surface area contributed by atoms with E-state index in [1.54, 1.807) is 18.7 Å². The molecule has 0 aromatic rings. The van der Waals surface area contributed by atoms with Gasteiger partial charge in [-0.25, -0.2) is 4.79 Å². The fourth-order valence-electron chi connectivity index (χ4n) is 5.60. The number of hydrogen-bond donors (Lipinski definition) is 3. The van der Waals surface area contributed by atoms with Crippen LogP contribution in [0, 0.1) is 17.8 Å². The number of carbonyl (C=O) groups is 2. The van der Waals surface area contributed by atoms with Gasteiger partial charge in [-0.3, -0.25) is 4.79 Å². The van der Waals surface area contributed by atoms with E-state index in [0.29, 0.717) is 11.3 Å². The third-order valence-electron chi connectivity index (χ3n) is 7.30. The fourth-order valence-corrected chi connectivity index (χ4v) is 7.18. The lowest BCUT2D eigenvalue weighted by atomic mass is 9.79. The van der Waals surface area contributed by atoms with E-state index in [1.165, 1.54) is 30.6 Å². The van der Waals surface area contributed by atoms with Crippen molar-refractivity contribution in [1.82, 2.24) is 15.1 Å². The van der Waals surface area contributed by atoms with E-state index >= 15 is 0 Å². The van der Waals surface area contributed by atoms with Crippen molar-refractivity contribution in [2.75, 3.05) is 26.7 Å². The molecule has 0 aromatic carbocycles. The SMILES string of the molecule is CNC1CCC(CN2CC(SC3=C(C(=O)O)N4C(=O)[C@H]([C@@H](C)O)[C@H]4[C@H]3C)C2)CC1. The van der Waals surface area contributed by atoms with E-state index in [1.807, 2.05) is 14.0 Å². The number of carboxylic acids is 1. The first kappa shape index (κ1) is 21.2. The van der Waals surface area contributed by atoms with Crippen LogP contribution in [-0.4, -0.2) is 82.0 Å². The first-order valence-corrected chi connectivity index (χ1v) is 11.7. The van der Waals surface area contributed by atoms with E-state index < -0.39 is 18.0 Å². The summed E-state index contributed by atoms with van der Waals surface area (Å²) in [7, 11) is 2.05. The molecule has 0 aromatic heterocycles. The fraction of sp³-hybridized carbons (Fsp3) is 0.810. The van der Waals surface area contributed by atoms with E-state index in [9.17, 15) is 19.8 Å². The average molecular weight is 424 g/mol. The molecule has 4 atom stereocenters. The Morgan fingerprint density at radius 2 is 1.93 bits per heavy atom. The van der Waals surface area contributed by atoms with Crippen molar-refractivity contribution in [3.63, 3.8) is 0 Å². The Kier molecular flexibility index (Phi) is 5.99. The Labute approximate surface area is 176 Å². The maximum Gasteiger partial charge on any atom is 0.353 e. The number of hydrogen-bond acceptors (Lipinski definition) is 6. The number of carbonyl (C=O) groups excluding carboxylic acids is 1. The van der Waals surface area contributed by atoms with E-state index in [0.717, 1.165) is 30.5 Å². The summed E-state index contributed by atoms with van der Waals surface area (Å²) in [6.45, 7) is 6.72. The predicted molar refractivity (Wildman–Crippen MR) is 112 cm³/mol. The second-order valence-corrected chi connectivity index (χ2v) is 10.6. The van der Waals surface area contributed by atoms with Crippen LogP contribution in [0.15, 0.2) is 10.6 Å². The van der Waals surface area contributed by atoms with E-state index in [2.05, 4.69) is 10.2 Å². The number of aliphatic hydroxyl groups is 1. The Hall–Kier alpha value is -1.09. The van der Waals surface area contributed by atoms with Gasteiger partial charge >= 0.3 is 5.97 Å². The van der Waals surface area contributed by atoms with Crippen LogP contribution in [0.3, 0.4) is 0 Å². The number of thioether (sulfide) groups is 1. The average Bonchev–Trinajstić information content (AvgIpc) is 2.89. The number of nitrogens with one attached hydrogen (secondary N) is 1. The molecule has 7 nitrogen and oxygen atoms in total. The maximum atomic E-state index is 12.4. The van der Waals surface area contributed by atoms with Crippen LogP contribution < -0.4 is 5.32 Å². The number of amides is 1. The number of likely N-dealkylation sites (tertiary alicyclic amines) is 1. The molecule has 0 radical (unpaired) electrons. The topological polar surface area (TPSA) is 93.1 Å². The van der Waals surface area contributed by atoms with Gasteiger partial charge in [-0.05, 0) is 45.6 Å². The Morgan fingerprint density at radius 1 is 1.28 bits per heavy atom. The van der Waals surface area contributed by atoms with Crippen molar-refractivity contribution in [2.24, 2.45) is 17.8 Å². The van der Waals surface area contributed by atoms with Crippen LogP contribution in [-0.2, 0) is 9.59 Å². The minimum absolute atomic E-state index is 0.0331. The highest BCUT2D eigenvalue weighted by atomic mass is 32.2. The van der Waals surface area contributed by atoms with Gasteiger partial charge in [0.1, 0.15) is 5.70 Å². The first-order chi connectivity index (χ1) is 13.8. The lowest BCUT2D eigenvalue weighted by molar-refractivity contribution is -0.163. The summed E-state index contributed by atoms with van der Waals surface area (Å²) in [5.74, 6) is -1.03. The number of aliphatic carboxylic acids is 1. The Balaban J connectivity index is 1.33. The summed E-state index contributed by atoms with van der Waals surface area (Å²) in [6, 6.07) is 0.462. The Bertz CT molecular complexity index is 698. The van der Waals surface area contributed by atoms with Crippen LogP contribution in [0.1, 0.15) is 39.5 Å². The molecule has 3 N–H and O–H groups in total. The normalized spacial score (nSPS) is 36.6. The number of fused-ring (bicyclic) bond motifs is 1. The lowest BCUT2D eigenvalue weighted by Crippen LogP contribution is -2.63. The van der Waals surface area contributed by atoms with Gasteiger partial charge in [-0.2, -0.15) is 0 Å². The molecule has 3 heterocycles. The minimum Gasteiger partial charge on any atom is -0.477 e. The number of rotatable bonds is 7. The van der Waals surface area contributed by atoms with Crippen molar-refractivity contribution in [1.29, 1.82) is 0 Å². The molecule has 1 amide bonds. The second-order valence-electron chi connectivity index (χ2n) is 9.24. The third-order valence-corrected chi connectivity index (χ3v) is 8.75. The molecule has 29 heavy (non-hydrogen) atoms. The monoisotopic (exact) mass is 423 g/mol. The molecule has 1 aliphatic carbocycles. The highest BCUT2D eigenvalue weighted by Crippen LogP contribution is 2.52. The molecule has 0 bridgehead atoms. The predicted octanol–water partition coefficient (Wildman–Crippen LogP) is 1.34. The second kappa shape index (κ2) is 8.21. The van der Waals surface area contributed by atoms with Crippen molar-refractivity contribution < 1.29 is 19.8 Å². The zero-order valence-electron chi connectivity index (χ0n) is 17.5. The largest absolute Gasteiger partial charge is 0.477 e. The van der Waals surface area contributed by atoms with Crippen molar-refractivity contribution >= 4 is 23.6 Å². The summed E-state index contributed by atoms with van der Waals surface area (Å²) in [6.07, 6.45) is 4.34. The van der Waals surface area contributed by atoms with Gasteiger partial charge in [-0.1, -0.05) is 6.92 Å². The number of nitrogens with zero attached hydrogens (tertiary/aromatic N) is 2. The smallest absolute Gasteiger partial charge is 0.353 e. The van der Waals surface area contributed by atoms with Crippen LogP contribution in [0.25, 0.3) is 0 Å². The molecule has 3 aliphatic heterocycles. The van der Waals surface area contributed by atoms with Gasteiger partial charge in [0.2, 0.25) is 5.91 Å². The molecular formula is C21H33N3O4S. The third kappa shape index (κ3) is 3.73. The molecule has 1 saturated carbocycles. The Morgan fingerprint density at radius 3 is 2.48 bits per heavy atom. The summed E-state index contributed by atoms with van der Waals surface area (Å²) in [4.78, 5) is 29.0. The van der Waals surface area contributed by atoms with Crippen LogP contribution in [0.5, 0.6) is 0 Å². The van der Waals surface area contributed by atoms with Crippen molar-refractivity contribution in [3.8, 4) is 0 Å². The number of β-lactam (4-membered cyclic amide) rings is 1. The highest BCUT2D eigenvalue weighted by Gasteiger charge is 2.60. The molecule has 8 heteroatoms. The lowest BCUT2D eigenvalue weighted by Gasteiger charge is -2.46. The summed E-state index contributed by atoms with van der Waals surface area (Å²) < 4.78 is 0. The molecule has 0 spiro atoms. The standard InChI is InChI=1S/C21H33N3O4S/c1-11-17-16(12(2)25)20(26)24(17)18(21(27)28)19(11)29-15-9-23(10-15)8-13-4-6-14(22-3)7-5-13/h11-17,22,25H,4-10H2,1-3H3,(H,27,28)/t11-,12-,13?,14?,16-,17-/m1/s1. The van der Waals surface area contributed by atoms with Crippen molar-refractivity contribution in [3.05, 3.63) is 10.6 Å². The van der Waals surface area contributed by atoms with Gasteiger partial charge in [-0.15, -0.1) is 11.8 Å². The van der Waals surface area contributed by atoms with E-state index in [-0.39, 0.29) is 23.6 Å². The van der Waals surface area contributed by atoms with Crippen LogP contribution in [0.2, 0.25) is 0 Å². The van der Waals surface area contributed by atoms with Gasteiger partial charge in [0.25, 0.3) is 0 Å². The molecule has 4 aliphatic rings.